The first-order valence-electron chi connectivity index (χ1n) is 11.1. The zero-order valence-corrected chi connectivity index (χ0v) is 19.8. The van der Waals surface area contributed by atoms with E-state index in [1.807, 2.05) is 18.7 Å². The molecular formula is C22H35N3O5S. The number of carbonyl (C=O) groups excluding carboxylic acids is 2. The average molecular weight is 454 g/mol. The summed E-state index contributed by atoms with van der Waals surface area (Å²) < 4.78 is 32.5. The Kier molecular flexibility index (Phi) is 9.31. The molecule has 8 nitrogen and oxygen atoms in total. The maximum atomic E-state index is 12.9. The monoisotopic (exact) mass is 453 g/mol. The Hall–Kier alpha value is -2.13. The molecule has 9 heteroatoms. The number of rotatable bonds is 11. The zero-order chi connectivity index (χ0) is 23.0. The molecule has 1 saturated heterocycles. The predicted octanol–water partition coefficient (Wildman–Crippen LogP) is 2.78. The second kappa shape index (κ2) is 11.5. The van der Waals surface area contributed by atoms with Gasteiger partial charge in [0.2, 0.25) is 10.0 Å². The highest BCUT2D eigenvalue weighted by molar-refractivity contribution is 7.89. The van der Waals surface area contributed by atoms with Gasteiger partial charge in [0.1, 0.15) is 0 Å². The van der Waals surface area contributed by atoms with Gasteiger partial charge >= 0.3 is 5.97 Å². The van der Waals surface area contributed by atoms with Gasteiger partial charge in [-0.25, -0.2) is 13.2 Å². The third kappa shape index (κ3) is 6.43. The van der Waals surface area contributed by atoms with Crippen molar-refractivity contribution in [3.05, 3.63) is 23.8 Å². The van der Waals surface area contributed by atoms with Crippen molar-refractivity contribution in [1.29, 1.82) is 0 Å². The summed E-state index contributed by atoms with van der Waals surface area (Å²) in [6.07, 6.45) is 3.79. The Bertz CT molecular complexity index is 862. The van der Waals surface area contributed by atoms with E-state index in [0.29, 0.717) is 18.8 Å². The Morgan fingerprint density at radius 2 is 1.81 bits per heavy atom. The fraction of sp³-hybridized carbons (Fsp3) is 0.636. The van der Waals surface area contributed by atoms with Crippen LogP contribution in [0, 0.1) is 0 Å². The summed E-state index contributed by atoms with van der Waals surface area (Å²) in [6, 6.07) is 4.58. The number of nitrogens with zero attached hydrogens (tertiary/aromatic N) is 2. The summed E-state index contributed by atoms with van der Waals surface area (Å²) >= 11 is 0. The molecule has 0 aliphatic carbocycles. The molecule has 1 aliphatic rings. The van der Waals surface area contributed by atoms with Crippen molar-refractivity contribution in [2.45, 2.75) is 64.3 Å². The van der Waals surface area contributed by atoms with E-state index >= 15 is 0 Å². The number of amides is 1. The quantitative estimate of drug-likeness (QED) is 0.518. The smallest absolute Gasteiger partial charge is 0.340 e. The van der Waals surface area contributed by atoms with E-state index < -0.39 is 22.6 Å². The number of hydrogen-bond acceptors (Lipinski definition) is 6. The van der Waals surface area contributed by atoms with E-state index in [0.717, 1.165) is 38.8 Å². The third-order valence-electron chi connectivity index (χ3n) is 5.44. The number of nitrogens with one attached hydrogen (secondary N) is 1. The first-order chi connectivity index (χ1) is 14.7. The Morgan fingerprint density at radius 1 is 1.16 bits per heavy atom. The molecule has 0 spiro atoms. The van der Waals surface area contributed by atoms with Crippen molar-refractivity contribution in [1.82, 2.24) is 9.62 Å². The van der Waals surface area contributed by atoms with Crippen molar-refractivity contribution < 1.29 is 22.7 Å². The molecule has 1 amide bonds. The van der Waals surface area contributed by atoms with E-state index in [4.69, 9.17) is 4.74 Å². The van der Waals surface area contributed by atoms with Crippen LogP contribution in [0.1, 0.15) is 63.7 Å². The average Bonchev–Trinajstić information content (AvgIpc) is 3.27. The first kappa shape index (κ1) is 25.1. The summed E-state index contributed by atoms with van der Waals surface area (Å²) in [4.78, 5) is 27.1. The number of esters is 1. The van der Waals surface area contributed by atoms with Gasteiger partial charge in [0.25, 0.3) is 5.91 Å². The van der Waals surface area contributed by atoms with Gasteiger partial charge in [0, 0.05) is 32.2 Å². The molecule has 1 atom stereocenters. The van der Waals surface area contributed by atoms with Gasteiger partial charge < -0.3 is 15.0 Å². The molecule has 1 aliphatic heterocycles. The molecule has 0 saturated carbocycles. The Balaban J connectivity index is 2.27. The minimum absolute atomic E-state index is 0.00101. The highest BCUT2D eigenvalue weighted by atomic mass is 32.2. The van der Waals surface area contributed by atoms with Crippen LogP contribution in [-0.4, -0.2) is 63.4 Å². The van der Waals surface area contributed by atoms with Crippen LogP contribution in [0.4, 0.5) is 5.69 Å². The molecule has 1 N–H and O–H groups in total. The van der Waals surface area contributed by atoms with Gasteiger partial charge in [-0.1, -0.05) is 27.2 Å². The highest BCUT2D eigenvalue weighted by Gasteiger charge is 2.27. The molecule has 1 aromatic rings. The van der Waals surface area contributed by atoms with Crippen LogP contribution in [0.15, 0.2) is 23.1 Å². The SMILES string of the molecule is CCCC(C)NC(=O)COC(=O)c1cc(S(=O)(=O)N(CC)CC)ccc1N1CCCC1. The normalized spacial score (nSPS) is 15.2. The number of hydrogen-bond donors (Lipinski definition) is 1. The molecule has 1 unspecified atom stereocenters. The van der Waals surface area contributed by atoms with Crippen LogP contribution < -0.4 is 10.2 Å². The molecular weight excluding hydrogens is 418 g/mol. The number of carbonyl (C=O) groups is 2. The summed E-state index contributed by atoms with van der Waals surface area (Å²) in [5.74, 6) is -1.07. The van der Waals surface area contributed by atoms with E-state index in [2.05, 4.69) is 5.32 Å². The van der Waals surface area contributed by atoms with Crippen LogP contribution >= 0.6 is 0 Å². The fourth-order valence-corrected chi connectivity index (χ4v) is 5.30. The van der Waals surface area contributed by atoms with Gasteiger partial charge in [-0.05, 0) is 44.4 Å². The highest BCUT2D eigenvalue weighted by Crippen LogP contribution is 2.29. The molecule has 1 heterocycles. The molecule has 0 bridgehead atoms. The molecule has 31 heavy (non-hydrogen) atoms. The second-order valence-electron chi connectivity index (χ2n) is 7.80. The molecule has 0 aromatic heterocycles. The molecule has 0 radical (unpaired) electrons. The van der Waals surface area contributed by atoms with Crippen molar-refractivity contribution in [3.8, 4) is 0 Å². The van der Waals surface area contributed by atoms with Gasteiger partial charge in [-0.3, -0.25) is 4.79 Å². The van der Waals surface area contributed by atoms with Crippen molar-refractivity contribution in [3.63, 3.8) is 0 Å². The topological polar surface area (TPSA) is 96.0 Å². The van der Waals surface area contributed by atoms with Gasteiger partial charge in [0.05, 0.1) is 16.1 Å². The van der Waals surface area contributed by atoms with E-state index in [9.17, 15) is 18.0 Å². The number of benzene rings is 1. The van der Waals surface area contributed by atoms with E-state index in [1.165, 1.54) is 16.4 Å². The fourth-order valence-electron chi connectivity index (χ4n) is 3.82. The second-order valence-corrected chi connectivity index (χ2v) is 9.73. The molecule has 2 rings (SSSR count). The Morgan fingerprint density at radius 3 is 2.39 bits per heavy atom. The minimum atomic E-state index is -3.72. The van der Waals surface area contributed by atoms with Crippen LogP contribution in [0.5, 0.6) is 0 Å². The van der Waals surface area contributed by atoms with Crippen LogP contribution in [-0.2, 0) is 19.6 Å². The summed E-state index contributed by atoms with van der Waals surface area (Å²) in [7, 11) is -3.72. The summed E-state index contributed by atoms with van der Waals surface area (Å²) in [5, 5.41) is 2.79. The summed E-state index contributed by atoms with van der Waals surface area (Å²) in [5.41, 5.74) is 0.810. The lowest BCUT2D eigenvalue weighted by molar-refractivity contribution is -0.124. The maximum absolute atomic E-state index is 12.9. The van der Waals surface area contributed by atoms with Crippen LogP contribution in [0.3, 0.4) is 0 Å². The summed E-state index contributed by atoms with van der Waals surface area (Å²) in [6.45, 7) is 9.32. The molecule has 1 fully saturated rings. The maximum Gasteiger partial charge on any atom is 0.340 e. The first-order valence-corrected chi connectivity index (χ1v) is 12.5. The van der Waals surface area contributed by atoms with Crippen LogP contribution in [0.2, 0.25) is 0 Å². The number of ether oxygens (including phenoxy) is 1. The standard InChI is InChI=1S/C22H35N3O5S/c1-5-10-17(4)23-21(26)16-30-22(27)19-15-18(31(28,29)25(6-2)7-3)11-12-20(19)24-13-8-9-14-24/h11-12,15,17H,5-10,13-14,16H2,1-4H3,(H,23,26). The predicted molar refractivity (Wildman–Crippen MR) is 121 cm³/mol. The van der Waals surface area contributed by atoms with Crippen molar-refractivity contribution in [2.24, 2.45) is 0 Å². The van der Waals surface area contributed by atoms with Gasteiger partial charge in [-0.2, -0.15) is 4.31 Å². The third-order valence-corrected chi connectivity index (χ3v) is 7.49. The molecule has 174 valence electrons. The van der Waals surface area contributed by atoms with Gasteiger partial charge in [0.15, 0.2) is 6.61 Å². The largest absolute Gasteiger partial charge is 0.452 e. The number of anilines is 1. The zero-order valence-electron chi connectivity index (χ0n) is 19.0. The van der Waals surface area contributed by atoms with Crippen molar-refractivity contribution >= 4 is 27.6 Å². The lowest BCUT2D eigenvalue weighted by Gasteiger charge is -2.23. The van der Waals surface area contributed by atoms with Gasteiger partial charge in [-0.15, -0.1) is 0 Å². The lowest BCUT2D eigenvalue weighted by atomic mass is 10.1. The Labute approximate surface area is 186 Å². The molecule has 1 aromatic carbocycles. The van der Waals surface area contributed by atoms with Crippen molar-refractivity contribution in [2.75, 3.05) is 37.7 Å². The lowest BCUT2D eigenvalue weighted by Crippen LogP contribution is -2.36. The minimum Gasteiger partial charge on any atom is -0.452 e. The van der Waals surface area contributed by atoms with Crippen LogP contribution in [0.25, 0.3) is 0 Å². The van der Waals surface area contributed by atoms with E-state index in [1.54, 1.807) is 19.9 Å². The van der Waals surface area contributed by atoms with E-state index in [-0.39, 0.29) is 22.4 Å². The number of sulfonamides is 1.